The van der Waals surface area contributed by atoms with Gasteiger partial charge in [0.15, 0.2) is 0 Å². The van der Waals surface area contributed by atoms with E-state index in [9.17, 15) is 0 Å². The number of thiol groups is 1. The van der Waals surface area contributed by atoms with E-state index < -0.39 is 0 Å². The fourth-order valence-electron chi connectivity index (χ4n) is 2.48. The molecule has 5 heteroatoms. The summed E-state index contributed by atoms with van der Waals surface area (Å²) in [5, 5.41) is 0. The molecule has 3 nitrogen and oxygen atoms in total. The van der Waals surface area contributed by atoms with Crippen LogP contribution >= 0.6 is 22.5 Å². The first kappa shape index (κ1) is 15.9. The van der Waals surface area contributed by atoms with Crippen molar-refractivity contribution in [2.45, 2.75) is 18.6 Å². The Morgan fingerprint density at radius 3 is 2.40 bits per heavy atom. The third-order valence-electron chi connectivity index (χ3n) is 3.93. The number of benzene rings is 1. The summed E-state index contributed by atoms with van der Waals surface area (Å²) >= 11 is 4.41. The number of nitrogens with zero attached hydrogens (tertiary/aromatic N) is 2. The maximum absolute atomic E-state index is 5.52. The number of rotatable bonds is 4. The monoisotopic (exact) mass is 312 g/mol. The van der Waals surface area contributed by atoms with Crippen LogP contribution in [0.15, 0.2) is 18.2 Å². The van der Waals surface area contributed by atoms with Gasteiger partial charge in [0, 0.05) is 42.2 Å². The number of methoxy groups -OCH3 is 1. The number of ether oxygens (including phenoxy) is 1. The Bertz CT molecular complexity index is 457. The van der Waals surface area contributed by atoms with Crippen LogP contribution in [0.25, 0.3) is 0 Å². The van der Waals surface area contributed by atoms with E-state index in [1.165, 1.54) is 11.3 Å². The lowest BCUT2D eigenvalue weighted by Gasteiger charge is -2.35. The van der Waals surface area contributed by atoms with Crippen LogP contribution < -0.4 is 9.64 Å². The molecular formula is C15H24N2OS2. The zero-order valence-electron chi connectivity index (χ0n) is 12.7. The van der Waals surface area contributed by atoms with Crippen molar-refractivity contribution in [3.05, 3.63) is 23.8 Å². The van der Waals surface area contributed by atoms with Crippen LogP contribution in [0.3, 0.4) is 0 Å². The Kier molecular flexibility index (Phi) is 5.15. The molecule has 0 aliphatic carbocycles. The van der Waals surface area contributed by atoms with Gasteiger partial charge in [0.05, 0.1) is 7.11 Å². The highest BCUT2D eigenvalue weighted by Crippen LogP contribution is 2.43. The second-order valence-electron chi connectivity index (χ2n) is 5.78. The maximum atomic E-state index is 5.52. The summed E-state index contributed by atoms with van der Waals surface area (Å²) in [6, 6.07) is 6.50. The molecular weight excluding hydrogens is 288 g/mol. The lowest BCUT2D eigenvalue weighted by molar-refractivity contribution is 0.312. The fraction of sp³-hybridized carbons (Fsp3) is 0.600. The fourth-order valence-corrected chi connectivity index (χ4v) is 3.03. The quantitative estimate of drug-likeness (QED) is 0.678. The van der Waals surface area contributed by atoms with Crippen LogP contribution in [-0.4, -0.2) is 45.2 Å². The molecule has 0 saturated carbocycles. The zero-order chi connectivity index (χ0) is 14.8. The van der Waals surface area contributed by atoms with Crippen molar-refractivity contribution in [2.75, 3.05) is 45.2 Å². The maximum Gasteiger partial charge on any atom is 0.123 e. The minimum absolute atomic E-state index is 0.0724. The number of piperazine rings is 1. The molecule has 0 N–H and O–H groups in total. The van der Waals surface area contributed by atoms with Crippen molar-refractivity contribution in [1.29, 1.82) is 0 Å². The van der Waals surface area contributed by atoms with Crippen molar-refractivity contribution in [3.63, 3.8) is 0 Å². The summed E-state index contributed by atoms with van der Waals surface area (Å²) in [5.74, 6) is 0.939. The predicted octanol–water partition coefficient (Wildman–Crippen LogP) is 3.26. The van der Waals surface area contributed by atoms with Crippen molar-refractivity contribution in [2.24, 2.45) is 0 Å². The summed E-state index contributed by atoms with van der Waals surface area (Å²) in [4.78, 5) is 4.82. The van der Waals surface area contributed by atoms with E-state index in [4.69, 9.17) is 4.74 Å². The van der Waals surface area contributed by atoms with E-state index in [-0.39, 0.29) is 4.75 Å². The van der Waals surface area contributed by atoms with E-state index in [0.717, 1.165) is 31.9 Å². The molecule has 0 radical (unpaired) electrons. The number of likely N-dealkylation sites (N-methyl/N-ethyl adjacent to an activating group) is 1. The molecule has 0 bridgehead atoms. The Hall–Kier alpha value is -0.520. The summed E-state index contributed by atoms with van der Waals surface area (Å²) in [5.41, 5.74) is 2.49. The first-order valence-electron chi connectivity index (χ1n) is 6.92. The highest BCUT2D eigenvalue weighted by molar-refractivity contribution is 8.69. The second-order valence-corrected chi connectivity index (χ2v) is 7.53. The molecule has 0 unspecified atom stereocenters. The lowest BCUT2D eigenvalue weighted by atomic mass is 10.00. The third-order valence-corrected chi connectivity index (χ3v) is 5.97. The van der Waals surface area contributed by atoms with Gasteiger partial charge in [0.1, 0.15) is 5.75 Å². The topological polar surface area (TPSA) is 15.7 Å². The molecule has 1 aliphatic rings. The van der Waals surface area contributed by atoms with Crippen molar-refractivity contribution in [1.82, 2.24) is 4.90 Å². The minimum atomic E-state index is -0.0724. The number of hydrogen-bond acceptors (Lipinski definition) is 5. The van der Waals surface area contributed by atoms with Gasteiger partial charge in [-0.2, -0.15) is 0 Å². The van der Waals surface area contributed by atoms with Crippen LogP contribution in [0.1, 0.15) is 19.4 Å². The minimum Gasteiger partial charge on any atom is -0.496 e. The molecule has 0 aromatic heterocycles. The van der Waals surface area contributed by atoms with Crippen molar-refractivity contribution >= 4 is 28.1 Å². The summed E-state index contributed by atoms with van der Waals surface area (Å²) in [6.45, 7) is 8.75. The highest BCUT2D eigenvalue weighted by atomic mass is 33.1. The third kappa shape index (κ3) is 3.38. The first-order chi connectivity index (χ1) is 9.47. The van der Waals surface area contributed by atoms with Crippen molar-refractivity contribution < 1.29 is 4.74 Å². The SMILES string of the molecule is COc1ccc(N2CCN(C)CC2)cc1C(C)(C)SS. The molecule has 0 amide bonds. The van der Waals surface area contributed by atoms with E-state index in [1.54, 1.807) is 17.9 Å². The van der Waals surface area contributed by atoms with Crippen LogP contribution in [0, 0.1) is 0 Å². The molecule has 1 fully saturated rings. The molecule has 20 heavy (non-hydrogen) atoms. The van der Waals surface area contributed by atoms with E-state index >= 15 is 0 Å². The zero-order valence-corrected chi connectivity index (χ0v) is 14.4. The van der Waals surface area contributed by atoms with Crippen LogP contribution in [0.5, 0.6) is 5.75 Å². The molecule has 1 aromatic rings. The molecule has 0 spiro atoms. The van der Waals surface area contributed by atoms with Gasteiger partial charge in [-0.05, 0) is 39.1 Å². The van der Waals surface area contributed by atoms with E-state index in [0.29, 0.717) is 0 Å². The molecule has 1 heterocycles. The molecule has 1 aromatic carbocycles. The Morgan fingerprint density at radius 1 is 1.20 bits per heavy atom. The summed E-state index contributed by atoms with van der Waals surface area (Å²) < 4.78 is 5.45. The first-order valence-corrected chi connectivity index (χ1v) is 8.79. The van der Waals surface area contributed by atoms with Gasteiger partial charge in [-0.1, -0.05) is 10.8 Å². The van der Waals surface area contributed by atoms with Gasteiger partial charge in [-0.3, -0.25) is 0 Å². The summed E-state index contributed by atoms with van der Waals surface area (Å²) in [6.07, 6.45) is 0. The Morgan fingerprint density at radius 2 is 1.85 bits per heavy atom. The van der Waals surface area contributed by atoms with Gasteiger partial charge in [-0.15, -0.1) is 11.7 Å². The van der Waals surface area contributed by atoms with Gasteiger partial charge >= 0.3 is 0 Å². The van der Waals surface area contributed by atoms with E-state index in [2.05, 4.69) is 60.6 Å². The average molecular weight is 313 g/mol. The largest absolute Gasteiger partial charge is 0.496 e. The van der Waals surface area contributed by atoms with Crippen LogP contribution in [0.2, 0.25) is 0 Å². The molecule has 1 aliphatic heterocycles. The summed E-state index contributed by atoms with van der Waals surface area (Å²) in [7, 11) is 5.46. The highest BCUT2D eigenvalue weighted by Gasteiger charge is 2.25. The predicted molar refractivity (Wildman–Crippen MR) is 92.3 cm³/mol. The Labute approximate surface area is 131 Å². The van der Waals surface area contributed by atoms with Gasteiger partial charge in [0.2, 0.25) is 0 Å². The standard InChI is InChI=1S/C15H24N2OS2/c1-15(2,20-19)13-11-12(5-6-14(13)18-4)17-9-7-16(3)8-10-17/h5-6,11,19H,7-10H2,1-4H3. The smallest absolute Gasteiger partial charge is 0.123 e. The molecule has 1 saturated heterocycles. The van der Waals surface area contributed by atoms with Crippen LogP contribution in [-0.2, 0) is 4.75 Å². The normalized spacial score (nSPS) is 17.4. The number of hydrogen-bond donors (Lipinski definition) is 1. The van der Waals surface area contributed by atoms with Gasteiger partial charge in [-0.25, -0.2) is 0 Å². The van der Waals surface area contributed by atoms with Gasteiger partial charge < -0.3 is 14.5 Å². The average Bonchev–Trinajstić information content (AvgIpc) is 2.47. The second kappa shape index (κ2) is 6.50. The molecule has 112 valence electrons. The molecule has 2 rings (SSSR count). The molecule has 0 atom stereocenters. The number of anilines is 1. The van der Waals surface area contributed by atoms with Crippen molar-refractivity contribution in [3.8, 4) is 5.75 Å². The Balaban J connectivity index is 2.30. The van der Waals surface area contributed by atoms with E-state index in [1.807, 2.05) is 0 Å². The lowest BCUT2D eigenvalue weighted by Crippen LogP contribution is -2.44. The van der Waals surface area contributed by atoms with Gasteiger partial charge in [0.25, 0.3) is 0 Å². The van der Waals surface area contributed by atoms with Crippen LogP contribution in [0.4, 0.5) is 5.69 Å².